The summed E-state index contributed by atoms with van der Waals surface area (Å²) >= 11 is 0. The second-order valence-corrected chi connectivity index (χ2v) is 4.60. The number of hydrogen-bond acceptors (Lipinski definition) is 3. The number of para-hydroxylation sites is 1. The van der Waals surface area contributed by atoms with Crippen LogP contribution in [0.15, 0.2) is 48.5 Å². The van der Waals surface area contributed by atoms with Crippen LogP contribution in [0, 0.1) is 0 Å². The summed E-state index contributed by atoms with van der Waals surface area (Å²) in [7, 11) is 1.59. The van der Waals surface area contributed by atoms with E-state index in [-0.39, 0.29) is 5.78 Å². The van der Waals surface area contributed by atoms with Gasteiger partial charge in [0.15, 0.2) is 11.5 Å². The third-order valence-corrected chi connectivity index (χ3v) is 2.94. The zero-order valence-corrected chi connectivity index (χ0v) is 11.8. The highest BCUT2D eigenvalue weighted by atomic mass is 16.5. The number of benzene rings is 2. The van der Waals surface area contributed by atoms with Crippen LogP contribution in [-0.2, 0) is 17.8 Å². The molecule has 0 bridgehead atoms. The fraction of sp³-hybridized carbons (Fsp3) is 0.235. The van der Waals surface area contributed by atoms with Crippen molar-refractivity contribution >= 4 is 5.78 Å². The first-order valence-electron chi connectivity index (χ1n) is 6.52. The largest absolute Gasteiger partial charge is 0.493 e. The molecular formula is C17H18O3. The average molecular weight is 270 g/mol. The van der Waals surface area contributed by atoms with E-state index in [1.165, 1.54) is 0 Å². The fourth-order valence-electron chi connectivity index (χ4n) is 2.05. The van der Waals surface area contributed by atoms with E-state index in [9.17, 15) is 4.79 Å². The predicted molar refractivity (Wildman–Crippen MR) is 78.2 cm³/mol. The van der Waals surface area contributed by atoms with Gasteiger partial charge in [-0.15, -0.1) is 0 Å². The van der Waals surface area contributed by atoms with E-state index in [0.29, 0.717) is 24.5 Å². The third kappa shape index (κ3) is 3.60. The molecule has 0 spiro atoms. The molecule has 0 saturated carbocycles. The molecule has 0 saturated heterocycles. The number of Topliss-reactive ketones (excluding diaryl/α,β-unsaturated/α-hetero) is 1. The van der Waals surface area contributed by atoms with Crippen LogP contribution in [0.5, 0.6) is 11.5 Å². The number of carbonyl (C=O) groups excluding carboxylic acids is 1. The van der Waals surface area contributed by atoms with Crippen molar-refractivity contribution in [2.75, 3.05) is 7.11 Å². The molecule has 104 valence electrons. The molecule has 3 nitrogen and oxygen atoms in total. The predicted octanol–water partition coefficient (Wildman–Crippen LogP) is 3.41. The molecule has 0 aliphatic rings. The van der Waals surface area contributed by atoms with Crippen molar-refractivity contribution in [1.29, 1.82) is 0 Å². The standard InChI is InChI=1S/C17H18O3/c1-13(18)11-15-9-6-10-16(17(15)19-2)20-12-14-7-4-3-5-8-14/h3-10H,11-12H2,1-2H3. The molecule has 3 heteroatoms. The monoisotopic (exact) mass is 270 g/mol. The van der Waals surface area contributed by atoms with Crippen molar-refractivity contribution < 1.29 is 14.3 Å². The first-order chi connectivity index (χ1) is 9.70. The SMILES string of the molecule is COc1c(CC(C)=O)cccc1OCc1ccccc1. The molecule has 2 aromatic rings. The van der Waals surface area contributed by atoms with Crippen LogP contribution in [0.2, 0.25) is 0 Å². The van der Waals surface area contributed by atoms with Gasteiger partial charge < -0.3 is 9.47 Å². The molecule has 0 unspecified atom stereocenters. The maximum absolute atomic E-state index is 11.3. The van der Waals surface area contributed by atoms with Gasteiger partial charge >= 0.3 is 0 Å². The molecule has 0 radical (unpaired) electrons. The Morgan fingerprint density at radius 1 is 1.05 bits per heavy atom. The molecule has 0 atom stereocenters. The highest BCUT2D eigenvalue weighted by molar-refractivity contribution is 5.79. The molecule has 2 aromatic carbocycles. The Hall–Kier alpha value is -2.29. The van der Waals surface area contributed by atoms with E-state index in [1.807, 2.05) is 48.5 Å². The van der Waals surface area contributed by atoms with Crippen molar-refractivity contribution in [1.82, 2.24) is 0 Å². The van der Waals surface area contributed by atoms with Crippen LogP contribution < -0.4 is 9.47 Å². The lowest BCUT2D eigenvalue weighted by Crippen LogP contribution is -2.03. The van der Waals surface area contributed by atoms with Gasteiger partial charge in [-0.25, -0.2) is 0 Å². The van der Waals surface area contributed by atoms with E-state index >= 15 is 0 Å². The molecule has 0 aromatic heterocycles. The minimum Gasteiger partial charge on any atom is -0.493 e. The van der Waals surface area contributed by atoms with Crippen LogP contribution >= 0.6 is 0 Å². The second kappa shape index (κ2) is 6.75. The summed E-state index contributed by atoms with van der Waals surface area (Å²) in [6.45, 7) is 2.04. The van der Waals surface area contributed by atoms with Gasteiger partial charge in [0.05, 0.1) is 7.11 Å². The lowest BCUT2D eigenvalue weighted by Gasteiger charge is -2.14. The van der Waals surface area contributed by atoms with Gasteiger partial charge in [0, 0.05) is 12.0 Å². The van der Waals surface area contributed by atoms with Gasteiger partial charge in [0.25, 0.3) is 0 Å². The maximum atomic E-state index is 11.3. The summed E-state index contributed by atoms with van der Waals surface area (Å²) in [5.74, 6) is 1.40. The number of rotatable bonds is 6. The molecule has 0 amide bonds. The molecule has 0 aliphatic carbocycles. The van der Waals surface area contributed by atoms with Crippen LogP contribution in [0.25, 0.3) is 0 Å². The minimum atomic E-state index is 0.100. The zero-order chi connectivity index (χ0) is 14.4. The first-order valence-corrected chi connectivity index (χ1v) is 6.52. The molecule has 0 heterocycles. The summed E-state index contributed by atoms with van der Waals surface area (Å²) in [4.78, 5) is 11.3. The number of hydrogen-bond donors (Lipinski definition) is 0. The van der Waals surface area contributed by atoms with Gasteiger partial charge in [0.2, 0.25) is 0 Å². The number of ketones is 1. The summed E-state index contributed by atoms with van der Waals surface area (Å²) in [6.07, 6.45) is 0.353. The zero-order valence-electron chi connectivity index (χ0n) is 11.8. The Morgan fingerprint density at radius 3 is 2.45 bits per heavy atom. The highest BCUT2D eigenvalue weighted by Gasteiger charge is 2.11. The summed E-state index contributed by atoms with van der Waals surface area (Å²) in [5, 5.41) is 0. The Morgan fingerprint density at radius 2 is 1.80 bits per heavy atom. The summed E-state index contributed by atoms with van der Waals surface area (Å²) in [6, 6.07) is 15.5. The minimum absolute atomic E-state index is 0.100. The van der Waals surface area contributed by atoms with Crippen molar-refractivity contribution in [3.8, 4) is 11.5 Å². The third-order valence-electron chi connectivity index (χ3n) is 2.94. The van der Waals surface area contributed by atoms with Gasteiger partial charge in [-0.2, -0.15) is 0 Å². The molecule has 2 rings (SSSR count). The topological polar surface area (TPSA) is 35.5 Å². The lowest BCUT2D eigenvalue weighted by atomic mass is 10.1. The van der Waals surface area contributed by atoms with Crippen LogP contribution in [0.3, 0.4) is 0 Å². The summed E-state index contributed by atoms with van der Waals surface area (Å²) in [5.41, 5.74) is 1.94. The van der Waals surface area contributed by atoms with Crippen molar-refractivity contribution in [3.05, 3.63) is 59.7 Å². The van der Waals surface area contributed by atoms with E-state index in [4.69, 9.17) is 9.47 Å². The first kappa shape index (κ1) is 14.1. The molecule has 0 fully saturated rings. The number of methoxy groups -OCH3 is 1. The second-order valence-electron chi connectivity index (χ2n) is 4.60. The van der Waals surface area contributed by atoms with E-state index < -0.39 is 0 Å². The Bertz CT molecular complexity index is 576. The average Bonchev–Trinajstić information content (AvgIpc) is 2.45. The maximum Gasteiger partial charge on any atom is 0.164 e. The Kier molecular flexibility index (Phi) is 4.77. The van der Waals surface area contributed by atoms with Gasteiger partial charge in [-0.05, 0) is 18.6 Å². The smallest absolute Gasteiger partial charge is 0.164 e. The Labute approximate surface area is 119 Å². The van der Waals surface area contributed by atoms with Crippen LogP contribution in [0.1, 0.15) is 18.1 Å². The van der Waals surface area contributed by atoms with E-state index in [0.717, 1.165) is 11.1 Å². The highest BCUT2D eigenvalue weighted by Crippen LogP contribution is 2.32. The number of ether oxygens (including phenoxy) is 2. The Balaban J connectivity index is 2.16. The van der Waals surface area contributed by atoms with Gasteiger partial charge in [-0.3, -0.25) is 4.79 Å². The lowest BCUT2D eigenvalue weighted by molar-refractivity contribution is -0.116. The van der Waals surface area contributed by atoms with Crippen LogP contribution in [0.4, 0.5) is 0 Å². The van der Waals surface area contributed by atoms with Crippen LogP contribution in [-0.4, -0.2) is 12.9 Å². The van der Waals surface area contributed by atoms with Gasteiger partial charge in [0.1, 0.15) is 12.4 Å². The van der Waals surface area contributed by atoms with Crippen molar-refractivity contribution in [3.63, 3.8) is 0 Å². The summed E-state index contributed by atoms with van der Waals surface area (Å²) < 4.78 is 11.2. The normalized spacial score (nSPS) is 10.1. The van der Waals surface area contributed by atoms with E-state index in [1.54, 1.807) is 14.0 Å². The van der Waals surface area contributed by atoms with E-state index in [2.05, 4.69) is 0 Å². The molecule has 20 heavy (non-hydrogen) atoms. The quantitative estimate of drug-likeness (QED) is 0.807. The van der Waals surface area contributed by atoms with Gasteiger partial charge in [-0.1, -0.05) is 42.5 Å². The number of carbonyl (C=O) groups is 1. The molecular weight excluding hydrogens is 252 g/mol. The molecule has 0 N–H and O–H groups in total. The fourth-order valence-corrected chi connectivity index (χ4v) is 2.05. The van der Waals surface area contributed by atoms with Crippen molar-refractivity contribution in [2.45, 2.75) is 20.0 Å². The van der Waals surface area contributed by atoms with Crippen molar-refractivity contribution in [2.24, 2.45) is 0 Å². The molecule has 0 aliphatic heterocycles.